The topological polar surface area (TPSA) is 58.6 Å². The summed E-state index contributed by atoms with van der Waals surface area (Å²) in [7, 11) is 0. The number of rotatable bonds is 8. The van der Waals surface area contributed by atoms with Crippen molar-refractivity contribution in [2.45, 2.75) is 99.0 Å². The molecule has 0 spiro atoms. The lowest BCUT2D eigenvalue weighted by atomic mass is 9.79. The molecule has 6 nitrogen and oxygen atoms in total. The first kappa shape index (κ1) is 27.6. The summed E-state index contributed by atoms with van der Waals surface area (Å²) in [5.41, 5.74) is 5.82. The van der Waals surface area contributed by atoms with Gasteiger partial charge in [0.25, 0.3) is 0 Å². The molecule has 0 saturated heterocycles. The van der Waals surface area contributed by atoms with Crippen molar-refractivity contribution in [3.05, 3.63) is 82.4 Å². The zero-order valence-corrected chi connectivity index (χ0v) is 24.5. The van der Waals surface area contributed by atoms with Crippen LogP contribution in [-0.4, -0.2) is 40.1 Å². The monoisotopic (exact) mass is 514 g/mol. The number of fused-ring (bicyclic) bond motifs is 1. The van der Waals surface area contributed by atoms with Crippen LogP contribution in [0.25, 0.3) is 0 Å². The van der Waals surface area contributed by atoms with Gasteiger partial charge >= 0.3 is 5.97 Å². The molecule has 38 heavy (non-hydrogen) atoms. The molecule has 3 aromatic rings. The Bertz CT molecular complexity index is 1240. The fourth-order valence-corrected chi connectivity index (χ4v) is 6.28. The van der Waals surface area contributed by atoms with E-state index in [1.165, 1.54) is 0 Å². The Labute approximate surface area is 228 Å². The van der Waals surface area contributed by atoms with E-state index in [1.54, 1.807) is 12.4 Å². The van der Waals surface area contributed by atoms with Crippen molar-refractivity contribution in [1.82, 2.24) is 9.97 Å². The van der Waals surface area contributed by atoms with Gasteiger partial charge in [0.05, 0.1) is 0 Å². The van der Waals surface area contributed by atoms with Gasteiger partial charge in [0.2, 0.25) is 5.60 Å². The van der Waals surface area contributed by atoms with Gasteiger partial charge in [-0.3, -0.25) is 4.98 Å². The number of aryl methyl sites for hydroxylation is 2. The molecule has 0 saturated carbocycles. The molecule has 2 heterocycles. The Morgan fingerprint density at radius 2 is 1.11 bits per heavy atom. The molecule has 0 fully saturated rings. The second-order valence-corrected chi connectivity index (χ2v) is 11.5. The van der Waals surface area contributed by atoms with Crippen molar-refractivity contribution in [3.8, 4) is 0 Å². The van der Waals surface area contributed by atoms with Gasteiger partial charge in [-0.1, -0.05) is 12.1 Å². The molecule has 1 aliphatic rings. The number of nitrogens with zero attached hydrogens (tertiary/aromatic N) is 4. The SMILES string of the molecule is Cc1cc(N(C(C)C)C(C)C)ccc1C1(c2ccc(N(C(C)C)C(C)C)cc2C)OC(=O)c2nccnc21. The van der Waals surface area contributed by atoms with Crippen molar-refractivity contribution in [2.75, 3.05) is 9.80 Å². The lowest BCUT2D eigenvalue weighted by Crippen LogP contribution is -2.38. The zero-order valence-electron chi connectivity index (χ0n) is 24.5. The van der Waals surface area contributed by atoms with Gasteiger partial charge in [-0.2, -0.15) is 0 Å². The smallest absolute Gasteiger partial charge is 0.360 e. The third-order valence-corrected chi connectivity index (χ3v) is 7.47. The second kappa shape index (κ2) is 10.4. The molecule has 0 radical (unpaired) electrons. The standard InChI is InChI=1S/C32H42N4O2/c1-19(2)35(20(3)4)25-11-13-27(23(9)17-25)32(30-29(31(37)38-32)33-15-16-34-30)28-14-12-26(18-24(28)10)36(21(5)6)22(7)8/h11-22H,1-10H3. The maximum atomic E-state index is 13.2. The van der Waals surface area contributed by atoms with E-state index in [0.717, 1.165) is 33.6 Å². The van der Waals surface area contributed by atoms with Crippen LogP contribution in [0.4, 0.5) is 11.4 Å². The number of aromatic nitrogens is 2. The lowest BCUT2D eigenvalue weighted by molar-refractivity contribution is 0.0237. The van der Waals surface area contributed by atoms with Gasteiger partial charge in [-0.25, -0.2) is 9.78 Å². The molecule has 0 bridgehead atoms. The average Bonchev–Trinajstić information content (AvgIpc) is 3.11. The minimum atomic E-state index is -1.17. The van der Waals surface area contributed by atoms with Crippen LogP contribution in [-0.2, 0) is 10.3 Å². The first-order chi connectivity index (χ1) is 17.9. The fourth-order valence-electron chi connectivity index (χ4n) is 6.28. The van der Waals surface area contributed by atoms with Crippen LogP contribution < -0.4 is 9.80 Å². The van der Waals surface area contributed by atoms with Crippen LogP contribution in [0.5, 0.6) is 0 Å². The highest BCUT2D eigenvalue weighted by atomic mass is 16.6. The molecule has 2 aromatic carbocycles. The molecule has 0 unspecified atom stereocenters. The lowest BCUT2D eigenvalue weighted by Gasteiger charge is -2.36. The molecule has 0 aliphatic carbocycles. The fraction of sp³-hybridized carbons (Fsp3) is 0.469. The summed E-state index contributed by atoms with van der Waals surface area (Å²) in [6.45, 7) is 21.8. The molecule has 1 aromatic heterocycles. The molecule has 0 atom stereocenters. The van der Waals surface area contributed by atoms with E-state index in [-0.39, 0.29) is 5.69 Å². The Balaban J connectivity index is 1.96. The highest BCUT2D eigenvalue weighted by molar-refractivity contribution is 5.94. The molecule has 4 rings (SSSR count). The minimum Gasteiger partial charge on any atom is -0.438 e. The van der Waals surface area contributed by atoms with E-state index >= 15 is 0 Å². The molecule has 0 amide bonds. The molecule has 1 aliphatic heterocycles. The van der Waals surface area contributed by atoms with Crippen molar-refractivity contribution < 1.29 is 9.53 Å². The van der Waals surface area contributed by atoms with Crippen LogP contribution in [0.1, 0.15) is 93.8 Å². The predicted octanol–water partition coefficient (Wildman–Crippen LogP) is 6.80. The number of cyclic esters (lactones) is 1. The maximum absolute atomic E-state index is 13.2. The zero-order chi connectivity index (χ0) is 27.9. The maximum Gasteiger partial charge on any atom is 0.360 e. The van der Waals surface area contributed by atoms with Crippen LogP contribution >= 0.6 is 0 Å². The Morgan fingerprint density at radius 3 is 1.50 bits per heavy atom. The third-order valence-electron chi connectivity index (χ3n) is 7.47. The average molecular weight is 515 g/mol. The van der Waals surface area contributed by atoms with Gasteiger partial charge in [0.1, 0.15) is 5.69 Å². The summed E-state index contributed by atoms with van der Waals surface area (Å²) in [6, 6.07) is 14.3. The van der Waals surface area contributed by atoms with E-state index < -0.39 is 11.6 Å². The van der Waals surface area contributed by atoms with E-state index in [9.17, 15) is 4.79 Å². The molecule has 202 valence electrons. The third kappa shape index (κ3) is 4.55. The van der Waals surface area contributed by atoms with Crippen LogP contribution in [0.3, 0.4) is 0 Å². The van der Waals surface area contributed by atoms with E-state index in [2.05, 4.69) is 120 Å². The van der Waals surface area contributed by atoms with Gasteiger partial charge in [-0.05, 0) is 105 Å². The first-order valence-electron chi connectivity index (χ1n) is 13.7. The van der Waals surface area contributed by atoms with Gasteiger partial charge in [0.15, 0.2) is 5.69 Å². The summed E-state index contributed by atoms with van der Waals surface area (Å²) >= 11 is 0. The summed E-state index contributed by atoms with van der Waals surface area (Å²) in [5.74, 6) is -0.447. The highest BCUT2D eigenvalue weighted by Crippen LogP contribution is 2.48. The van der Waals surface area contributed by atoms with Gasteiger partial charge < -0.3 is 14.5 Å². The predicted molar refractivity (Wildman–Crippen MR) is 155 cm³/mol. The molecular formula is C32H42N4O2. The molecule has 6 heteroatoms. The number of carbonyl (C=O) groups is 1. The summed E-state index contributed by atoms with van der Waals surface area (Å²) in [6.07, 6.45) is 3.19. The number of hydrogen-bond donors (Lipinski definition) is 0. The van der Waals surface area contributed by atoms with Crippen molar-refractivity contribution in [2.24, 2.45) is 0 Å². The van der Waals surface area contributed by atoms with Crippen LogP contribution in [0.2, 0.25) is 0 Å². The summed E-state index contributed by atoms with van der Waals surface area (Å²) < 4.78 is 6.35. The first-order valence-corrected chi connectivity index (χ1v) is 13.7. The van der Waals surface area contributed by atoms with Crippen LogP contribution in [0, 0.1) is 13.8 Å². The number of hydrogen-bond acceptors (Lipinski definition) is 6. The number of anilines is 2. The van der Waals surface area contributed by atoms with Crippen molar-refractivity contribution in [3.63, 3.8) is 0 Å². The van der Waals surface area contributed by atoms with Gasteiger partial charge in [-0.15, -0.1) is 0 Å². The minimum absolute atomic E-state index is 0.274. The van der Waals surface area contributed by atoms with Crippen molar-refractivity contribution >= 4 is 17.3 Å². The Kier molecular flexibility index (Phi) is 7.55. The quantitative estimate of drug-likeness (QED) is 0.308. The van der Waals surface area contributed by atoms with E-state index in [4.69, 9.17) is 9.72 Å². The Hall–Kier alpha value is -3.41. The largest absolute Gasteiger partial charge is 0.438 e. The number of esters is 1. The van der Waals surface area contributed by atoms with E-state index in [1.807, 2.05) is 0 Å². The van der Waals surface area contributed by atoms with E-state index in [0.29, 0.717) is 29.9 Å². The molecule has 0 N–H and O–H groups in total. The number of benzene rings is 2. The summed E-state index contributed by atoms with van der Waals surface area (Å²) in [4.78, 5) is 27.1. The highest BCUT2D eigenvalue weighted by Gasteiger charge is 2.52. The number of ether oxygens (including phenoxy) is 1. The van der Waals surface area contributed by atoms with Crippen molar-refractivity contribution in [1.29, 1.82) is 0 Å². The van der Waals surface area contributed by atoms with Crippen LogP contribution in [0.15, 0.2) is 48.8 Å². The normalized spacial score (nSPS) is 14.4. The Morgan fingerprint density at radius 1 is 0.684 bits per heavy atom. The second-order valence-electron chi connectivity index (χ2n) is 11.5. The molecular weight excluding hydrogens is 472 g/mol. The summed E-state index contributed by atoms with van der Waals surface area (Å²) in [5, 5.41) is 0. The van der Waals surface area contributed by atoms with Gasteiger partial charge in [0, 0.05) is 59.1 Å². The number of carbonyl (C=O) groups excluding carboxylic acids is 1.